The molecule has 18 heavy (non-hydrogen) atoms. The summed E-state index contributed by atoms with van der Waals surface area (Å²) in [5.41, 5.74) is 5.27. The Bertz CT molecular complexity index is 576. The van der Waals surface area contributed by atoms with Crippen molar-refractivity contribution in [1.29, 1.82) is 0 Å². The van der Waals surface area contributed by atoms with E-state index >= 15 is 0 Å². The van der Waals surface area contributed by atoms with Crippen LogP contribution < -0.4 is 5.32 Å². The third-order valence-electron chi connectivity index (χ3n) is 3.50. The summed E-state index contributed by atoms with van der Waals surface area (Å²) in [5.74, 6) is 2.74. The molecule has 0 radical (unpaired) electrons. The molecule has 1 nitrogen and oxygen atoms in total. The van der Waals surface area contributed by atoms with Gasteiger partial charge < -0.3 is 0 Å². The minimum absolute atomic E-state index is 0.0641. The zero-order chi connectivity index (χ0) is 12.5. The van der Waals surface area contributed by atoms with Crippen molar-refractivity contribution in [2.24, 2.45) is 0 Å². The molecule has 1 atom stereocenters. The van der Waals surface area contributed by atoms with Crippen molar-refractivity contribution in [3.05, 3.63) is 59.7 Å². The van der Waals surface area contributed by atoms with Crippen LogP contribution in [-0.2, 0) is 0 Å². The van der Waals surface area contributed by atoms with Crippen LogP contribution in [0.5, 0.6) is 0 Å². The van der Waals surface area contributed by atoms with Gasteiger partial charge in [-0.05, 0) is 29.2 Å². The molecule has 0 heterocycles. The van der Waals surface area contributed by atoms with Gasteiger partial charge in [0.15, 0.2) is 0 Å². The van der Waals surface area contributed by atoms with E-state index in [-0.39, 0.29) is 12.1 Å². The van der Waals surface area contributed by atoms with E-state index in [9.17, 15) is 0 Å². The van der Waals surface area contributed by atoms with E-state index < -0.39 is 0 Å². The highest BCUT2D eigenvalue weighted by atomic mass is 14.9. The highest BCUT2D eigenvalue weighted by Crippen LogP contribution is 2.43. The summed E-state index contributed by atoms with van der Waals surface area (Å²) in [4.78, 5) is 0. The molecular weight excluding hydrogens is 218 g/mol. The average molecular weight is 233 g/mol. The van der Waals surface area contributed by atoms with Crippen LogP contribution in [0.1, 0.15) is 24.1 Å². The van der Waals surface area contributed by atoms with Crippen molar-refractivity contribution in [2.75, 3.05) is 0 Å². The third-order valence-corrected chi connectivity index (χ3v) is 3.50. The summed E-state index contributed by atoms with van der Waals surface area (Å²) in [5, 5.41) is 3.50. The Labute approximate surface area is 108 Å². The lowest BCUT2D eigenvalue weighted by atomic mass is 10.0. The first kappa shape index (κ1) is 11.1. The quantitative estimate of drug-likeness (QED) is 0.784. The molecule has 0 saturated heterocycles. The zero-order valence-electron chi connectivity index (χ0n) is 10.4. The maximum absolute atomic E-state index is 5.48. The van der Waals surface area contributed by atoms with Gasteiger partial charge in [-0.1, -0.05) is 54.5 Å². The fourth-order valence-electron chi connectivity index (χ4n) is 2.63. The van der Waals surface area contributed by atoms with E-state index in [0.29, 0.717) is 0 Å². The largest absolute Gasteiger partial charge is 0.293 e. The van der Waals surface area contributed by atoms with Crippen molar-refractivity contribution >= 4 is 0 Å². The predicted molar refractivity (Wildman–Crippen MR) is 75.2 cm³/mol. The Balaban J connectivity index is 2.12. The molecule has 0 aliphatic heterocycles. The highest BCUT2D eigenvalue weighted by molar-refractivity contribution is 5.78. The van der Waals surface area contributed by atoms with Crippen LogP contribution in [0.25, 0.3) is 11.1 Å². The van der Waals surface area contributed by atoms with Gasteiger partial charge in [-0.2, -0.15) is 0 Å². The van der Waals surface area contributed by atoms with Crippen LogP contribution in [0.15, 0.2) is 48.5 Å². The van der Waals surface area contributed by atoms with Gasteiger partial charge in [-0.25, -0.2) is 0 Å². The molecule has 0 bridgehead atoms. The van der Waals surface area contributed by atoms with Crippen LogP contribution >= 0.6 is 0 Å². The van der Waals surface area contributed by atoms with E-state index in [1.165, 1.54) is 22.3 Å². The second-order valence-corrected chi connectivity index (χ2v) is 4.66. The molecule has 0 amide bonds. The minimum Gasteiger partial charge on any atom is -0.293 e. The molecule has 1 unspecified atom stereocenters. The van der Waals surface area contributed by atoms with Gasteiger partial charge >= 0.3 is 0 Å². The van der Waals surface area contributed by atoms with Crippen molar-refractivity contribution in [3.8, 4) is 23.5 Å². The Hall–Kier alpha value is -2.04. The normalized spacial score (nSPS) is 14.7. The van der Waals surface area contributed by atoms with E-state index in [4.69, 9.17) is 6.42 Å². The number of fused-ring (bicyclic) bond motifs is 3. The average Bonchev–Trinajstić information content (AvgIpc) is 2.74. The zero-order valence-corrected chi connectivity index (χ0v) is 10.4. The van der Waals surface area contributed by atoms with Gasteiger partial charge in [0.25, 0.3) is 0 Å². The summed E-state index contributed by atoms with van der Waals surface area (Å²) >= 11 is 0. The molecule has 0 saturated carbocycles. The number of benzene rings is 2. The smallest absolute Gasteiger partial charge is 0.0665 e. The standard InChI is InChI=1S/C17H15N/c1-3-12(2)18-17-15-10-6-4-8-13(15)14-9-5-7-11-16(14)17/h1,4-12,17-18H,2H3. The summed E-state index contributed by atoms with van der Waals surface area (Å²) in [6, 6.07) is 17.3. The molecule has 0 spiro atoms. The summed E-state index contributed by atoms with van der Waals surface area (Å²) in [6.45, 7) is 2.02. The van der Waals surface area contributed by atoms with Crippen LogP contribution in [-0.4, -0.2) is 6.04 Å². The van der Waals surface area contributed by atoms with Crippen molar-refractivity contribution in [3.63, 3.8) is 0 Å². The van der Waals surface area contributed by atoms with Gasteiger partial charge in [-0.3, -0.25) is 5.32 Å². The first-order valence-electron chi connectivity index (χ1n) is 6.21. The van der Waals surface area contributed by atoms with E-state index in [1.807, 2.05) is 6.92 Å². The SMILES string of the molecule is C#CC(C)NC1c2ccccc2-c2ccccc21. The fourth-order valence-corrected chi connectivity index (χ4v) is 2.63. The molecule has 88 valence electrons. The minimum atomic E-state index is 0.0641. The maximum Gasteiger partial charge on any atom is 0.0665 e. The first-order valence-corrected chi connectivity index (χ1v) is 6.21. The van der Waals surface area contributed by atoms with Crippen LogP contribution in [0, 0.1) is 12.3 Å². The Morgan fingerprint density at radius 2 is 1.50 bits per heavy atom. The molecule has 1 heteroatoms. The predicted octanol–water partition coefficient (Wildman–Crippen LogP) is 3.37. The molecule has 3 rings (SSSR count). The molecule has 0 aromatic heterocycles. The van der Waals surface area contributed by atoms with E-state index in [0.717, 1.165) is 0 Å². The number of nitrogens with one attached hydrogen (secondary N) is 1. The summed E-state index contributed by atoms with van der Waals surface area (Å²) in [6.07, 6.45) is 5.48. The lowest BCUT2D eigenvalue weighted by Crippen LogP contribution is -2.28. The molecule has 1 aliphatic rings. The molecule has 0 fully saturated rings. The lowest BCUT2D eigenvalue weighted by molar-refractivity contribution is 0.582. The fraction of sp³-hybridized carbons (Fsp3) is 0.176. The number of terminal acetylenes is 1. The number of hydrogen-bond donors (Lipinski definition) is 1. The van der Waals surface area contributed by atoms with Gasteiger partial charge in [0, 0.05) is 0 Å². The van der Waals surface area contributed by atoms with Crippen molar-refractivity contribution < 1.29 is 0 Å². The molecular formula is C17H15N. The Kier molecular flexibility index (Phi) is 2.66. The third kappa shape index (κ3) is 1.63. The molecule has 1 aliphatic carbocycles. The van der Waals surface area contributed by atoms with E-state index in [2.05, 4.69) is 59.8 Å². The van der Waals surface area contributed by atoms with E-state index in [1.54, 1.807) is 0 Å². The number of hydrogen-bond acceptors (Lipinski definition) is 1. The topological polar surface area (TPSA) is 12.0 Å². The van der Waals surface area contributed by atoms with Gasteiger partial charge in [0.05, 0.1) is 12.1 Å². The molecule has 2 aromatic carbocycles. The monoisotopic (exact) mass is 233 g/mol. The van der Waals surface area contributed by atoms with Crippen molar-refractivity contribution in [1.82, 2.24) is 5.32 Å². The van der Waals surface area contributed by atoms with Crippen LogP contribution in [0.2, 0.25) is 0 Å². The first-order chi connectivity index (χ1) is 8.81. The maximum atomic E-state index is 5.48. The number of rotatable bonds is 2. The molecule has 1 N–H and O–H groups in total. The van der Waals surface area contributed by atoms with Gasteiger partial charge in [0.1, 0.15) is 0 Å². The Morgan fingerprint density at radius 3 is 2.00 bits per heavy atom. The van der Waals surface area contributed by atoms with Crippen LogP contribution in [0.3, 0.4) is 0 Å². The summed E-state index contributed by atoms with van der Waals surface area (Å²) < 4.78 is 0. The Morgan fingerprint density at radius 1 is 1.00 bits per heavy atom. The van der Waals surface area contributed by atoms with Gasteiger partial charge in [0.2, 0.25) is 0 Å². The summed E-state index contributed by atoms with van der Waals surface area (Å²) in [7, 11) is 0. The second kappa shape index (κ2) is 4.33. The van der Waals surface area contributed by atoms with Gasteiger partial charge in [-0.15, -0.1) is 6.42 Å². The van der Waals surface area contributed by atoms with Crippen molar-refractivity contribution in [2.45, 2.75) is 19.0 Å². The van der Waals surface area contributed by atoms with Crippen LogP contribution in [0.4, 0.5) is 0 Å². The molecule has 2 aromatic rings. The highest BCUT2D eigenvalue weighted by Gasteiger charge is 2.28. The lowest BCUT2D eigenvalue weighted by Gasteiger charge is -2.18. The second-order valence-electron chi connectivity index (χ2n) is 4.66.